The lowest BCUT2D eigenvalue weighted by atomic mass is 9.55. The van der Waals surface area contributed by atoms with Gasteiger partial charge in [0, 0.05) is 18.0 Å². The molecule has 0 unspecified atom stereocenters. The van der Waals surface area contributed by atoms with Crippen molar-refractivity contribution in [1.29, 1.82) is 0 Å². The highest BCUT2D eigenvalue weighted by Gasteiger charge is 2.54. The minimum absolute atomic E-state index is 0.100. The van der Waals surface area contributed by atoms with Crippen molar-refractivity contribution in [3.8, 4) is 11.6 Å². The Balaban J connectivity index is 1.37. The summed E-state index contributed by atoms with van der Waals surface area (Å²) >= 11 is 0. The number of methoxy groups -OCH3 is 1. The number of nitrogens with zero attached hydrogens (tertiary/aromatic N) is 1. The van der Waals surface area contributed by atoms with Crippen LogP contribution in [0.5, 0.6) is 11.6 Å². The molecular formula is C25H27NO4. The van der Waals surface area contributed by atoms with Gasteiger partial charge in [-0.15, -0.1) is 0 Å². The standard InChI is InChI=1S/C25H27NO4/c1-25-12-11-18-17-8-6-16(30-24(28)20-4-3-13-26-23(20)29-2)14-15(17)5-7-19(18)21(25)9-10-22(25)27/h3-4,6,8,13-14,18-19,21H,5,7,9-12H2,1-2H3/t18-,19-,21+,25+/m1/s1. The number of ketones is 1. The highest BCUT2D eigenvalue weighted by Crippen LogP contribution is 2.59. The van der Waals surface area contributed by atoms with E-state index in [1.165, 1.54) is 18.2 Å². The Bertz CT molecular complexity index is 1020. The van der Waals surface area contributed by atoms with E-state index >= 15 is 0 Å². The van der Waals surface area contributed by atoms with Gasteiger partial charge in [-0.2, -0.15) is 0 Å². The van der Waals surface area contributed by atoms with Gasteiger partial charge in [0.2, 0.25) is 5.88 Å². The normalized spacial score (nSPS) is 29.5. The quantitative estimate of drug-likeness (QED) is 0.545. The molecule has 5 nitrogen and oxygen atoms in total. The van der Waals surface area contributed by atoms with Crippen molar-refractivity contribution in [3.05, 3.63) is 53.2 Å². The summed E-state index contributed by atoms with van der Waals surface area (Å²) in [6.45, 7) is 2.20. The average molecular weight is 405 g/mol. The lowest BCUT2D eigenvalue weighted by molar-refractivity contribution is -0.129. The number of carbonyl (C=O) groups is 2. The number of rotatable bonds is 3. The summed E-state index contributed by atoms with van der Waals surface area (Å²) in [6.07, 6.45) is 7.53. The van der Waals surface area contributed by atoms with E-state index in [9.17, 15) is 9.59 Å². The highest BCUT2D eigenvalue weighted by molar-refractivity contribution is 5.93. The lowest BCUT2D eigenvalue weighted by Gasteiger charge is -2.48. The summed E-state index contributed by atoms with van der Waals surface area (Å²) < 4.78 is 10.8. The molecule has 2 fully saturated rings. The first-order chi connectivity index (χ1) is 14.5. The molecule has 30 heavy (non-hydrogen) atoms. The fourth-order valence-electron chi connectivity index (χ4n) is 6.26. The second-order valence-electron chi connectivity index (χ2n) is 9.14. The van der Waals surface area contributed by atoms with Gasteiger partial charge in [0.05, 0.1) is 7.11 Å². The largest absolute Gasteiger partial charge is 0.480 e. The fraction of sp³-hybridized carbons (Fsp3) is 0.480. The van der Waals surface area contributed by atoms with Crippen LogP contribution >= 0.6 is 0 Å². The smallest absolute Gasteiger partial charge is 0.349 e. The lowest BCUT2D eigenvalue weighted by Crippen LogP contribution is -2.42. The van der Waals surface area contributed by atoms with Crippen molar-refractivity contribution in [2.75, 3.05) is 7.11 Å². The van der Waals surface area contributed by atoms with E-state index in [1.54, 1.807) is 18.3 Å². The zero-order chi connectivity index (χ0) is 20.9. The molecule has 0 amide bonds. The Morgan fingerprint density at radius 2 is 2.03 bits per heavy atom. The predicted molar refractivity (Wildman–Crippen MR) is 112 cm³/mol. The summed E-state index contributed by atoms with van der Waals surface area (Å²) in [6, 6.07) is 9.39. The first-order valence-corrected chi connectivity index (χ1v) is 10.9. The third-order valence-corrected chi connectivity index (χ3v) is 7.80. The maximum Gasteiger partial charge on any atom is 0.349 e. The molecule has 0 spiro atoms. The molecule has 2 saturated carbocycles. The zero-order valence-electron chi connectivity index (χ0n) is 17.5. The Labute approximate surface area is 176 Å². The van der Waals surface area contributed by atoms with Crippen LogP contribution in [0.15, 0.2) is 36.5 Å². The molecule has 2 aromatic rings. The first kappa shape index (κ1) is 19.3. The summed E-state index contributed by atoms with van der Waals surface area (Å²) in [5, 5.41) is 0. The van der Waals surface area contributed by atoms with E-state index in [0.717, 1.165) is 38.5 Å². The molecule has 4 atom stereocenters. The molecule has 5 rings (SSSR count). The van der Waals surface area contributed by atoms with Crippen LogP contribution in [0.1, 0.15) is 66.4 Å². The molecule has 0 aliphatic heterocycles. The van der Waals surface area contributed by atoms with Gasteiger partial charge in [-0.05, 0) is 85.3 Å². The molecule has 0 N–H and O–H groups in total. The maximum absolute atomic E-state index is 12.6. The fourth-order valence-corrected chi connectivity index (χ4v) is 6.26. The molecule has 1 aromatic carbocycles. The number of carbonyl (C=O) groups excluding carboxylic acids is 2. The third-order valence-electron chi connectivity index (χ3n) is 7.80. The zero-order valence-corrected chi connectivity index (χ0v) is 17.5. The minimum atomic E-state index is -0.466. The Hall–Kier alpha value is -2.69. The number of hydrogen-bond donors (Lipinski definition) is 0. The number of benzene rings is 1. The second-order valence-corrected chi connectivity index (χ2v) is 9.14. The molecule has 0 bridgehead atoms. The van der Waals surface area contributed by atoms with Crippen LogP contribution in [0.2, 0.25) is 0 Å². The number of ether oxygens (including phenoxy) is 2. The van der Waals surface area contributed by atoms with Gasteiger partial charge in [-0.3, -0.25) is 4.79 Å². The van der Waals surface area contributed by atoms with Gasteiger partial charge in [0.25, 0.3) is 0 Å². The molecule has 5 heteroatoms. The molecule has 1 heterocycles. The average Bonchev–Trinajstić information content (AvgIpc) is 3.08. The van der Waals surface area contributed by atoms with Crippen LogP contribution in [0.3, 0.4) is 0 Å². The molecule has 3 aliphatic carbocycles. The number of pyridine rings is 1. The van der Waals surface area contributed by atoms with E-state index in [0.29, 0.717) is 34.8 Å². The Kier molecular flexibility index (Phi) is 4.64. The van der Waals surface area contributed by atoms with E-state index < -0.39 is 5.97 Å². The summed E-state index contributed by atoms with van der Waals surface area (Å²) in [7, 11) is 1.49. The third kappa shape index (κ3) is 2.94. The van der Waals surface area contributed by atoms with Gasteiger partial charge in [-0.1, -0.05) is 13.0 Å². The van der Waals surface area contributed by atoms with Crippen molar-refractivity contribution < 1.29 is 19.1 Å². The van der Waals surface area contributed by atoms with Gasteiger partial charge < -0.3 is 9.47 Å². The number of aryl methyl sites for hydroxylation is 1. The number of hydrogen-bond acceptors (Lipinski definition) is 5. The summed E-state index contributed by atoms with van der Waals surface area (Å²) in [5.41, 5.74) is 2.87. The van der Waals surface area contributed by atoms with Crippen molar-refractivity contribution in [2.45, 2.75) is 51.4 Å². The van der Waals surface area contributed by atoms with Crippen molar-refractivity contribution in [2.24, 2.45) is 17.3 Å². The van der Waals surface area contributed by atoms with Crippen LogP contribution in [-0.2, 0) is 11.2 Å². The van der Waals surface area contributed by atoms with Crippen molar-refractivity contribution >= 4 is 11.8 Å². The van der Waals surface area contributed by atoms with Gasteiger partial charge in [-0.25, -0.2) is 9.78 Å². The maximum atomic E-state index is 12.6. The minimum Gasteiger partial charge on any atom is -0.480 e. The topological polar surface area (TPSA) is 65.5 Å². The van der Waals surface area contributed by atoms with Gasteiger partial charge >= 0.3 is 5.97 Å². The van der Waals surface area contributed by atoms with Crippen molar-refractivity contribution in [3.63, 3.8) is 0 Å². The predicted octanol–water partition coefficient (Wildman–Crippen LogP) is 4.73. The molecule has 3 aliphatic rings. The number of aromatic nitrogens is 1. The Morgan fingerprint density at radius 3 is 2.87 bits per heavy atom. The first-order valence-electron chi connectivity index (χ1n) is 10.9. The number of esters is 1. The van der Waals surface area contributed by atoms with Crippen LogP contribution in [0, 0.1) is 17.3 Å². The van der Waals surface area contributed by atoms with Crippen LogP contribution in [-0.4, -0.2) is 23.8 Å². The van der Waals surface area contributed by atoms with E-state index in [1.807, 2.05) is 12.1 Å². The van der Waals surface area contributed by atoms with E-state index in [2.05, 4.69) is 18.0 Å². The monoisotopic (exact) mass is 405 g/mol. The van der Waals surface area contributed by atoms with Crippen LogP contribution in [0.25, 0.3) is 0 Å². The molecule has 156 valence electrons. The SMILES string of the molecule is COc1ncccc1C(=O)Oc1ccc2c(c1)CC[C@@H]1[C@@H]2CC[C@]2(C)C(=O)CC[C@@H]12. The second kappa shape index (κ2) is 7.22. The van der Waals surface area contributed by atoms with Crippen LogP contribution in [0.4, 0.5) is 0 Å². The van der Waals surface area contributed by atoms with E-state index in [-0.39, 0.29) is 11.3 Å². The van der Waals surface area contributed by atoms with Crippen LogP contribution < -0.4 is 9.47 Å². The summed E-state index contributed by atoms with van der Waals surface area (Å²) in [5.74, 6) is 2.46. The summed E-state index contributed by atoms with van der Waals surface area (Å²) in [4.78, 5) is 29.2. The van der Waals surface area contributed by atoms with Gasteiger partial charge in [0.1, 0.15) is 17.1 Å². The Morgan fingerprint density at radius 1 is 1.17 bits per heavy atom. The molecule has 0 saturated heterocycles. The van der Waals surface area contributed by atoms with Gasteiger partial charge in [0.15, 0.2) is 0 Å². The van der Waals surface area contributed by atoms with Crippen molar-refractivity contribution in [1.82, 2.24) is 4.98 Å². The molecular weight excluding hydrogens is 378 g/mol. The highest BCUT2D eigenvalue weighted by atomic mass is 16.5. The number of fused-ring (bicyclic) bond motifs is 5. The molecule has 0 radical (unpaired) electrons. The number of Topliss-reactive ketones (excluding diaryl/α,β-unsaturated/α-hetero) is 1. The molecule has 1 aromatic heterocycles. The van der Waals surface area contributed by atoms with E-state index in [4.69, 9.17) is 9.47 Å².